The van der Waals surface area contributed by atoms with Crippen molar-refractivity contribution in [3.05, 3.63) is 52.1 Å². The molecule has 0 spiro atoms. The fourth-order valence-corrected chi connectivity index (χ4v) is 2.07. The molecule has 2 rings (SSSR count). The predicted octanol–water partition coefficient (Wildman–Crippen LogP) is 5.07. The van der Waals surface area contributed by atoms with Gasteiger partial charge in [0, 0.05) is 16.7 Å². The van der Waals surface area contributed by atoms with Gasteiger partial charge in [-0.3, -0.25) is 0 Å². The molecule has 18 heavy (non-hydrogen) atoms. The minimum Gasteiger partial charge on any atom is -0.439 e. The summed E-state index contributed by atoms with van der Waals surface area (Å²) in [6.45, 7) is 6.31. The van der Waals surface area contributed by atoms with Gasteiger partial charge in [0.1, 0.15) is 5.75 Å². The maximum absolute atomic E-state index is 5.85. The number of ether oxygens (including phenoxy) is 1. The standard InChI is InChI=1S/C15H16BrNO/c1-10(2)13-8-12(16)5-6-14(13)18-15-7-4-11(3)9-17-15/h4-10H,1-3H3. The van der Waals surface area contributed by atoms with E-state index in [1.54, 1.807) is 0 Å². The lowest BCUT2D eigenvalue weighted by Crippen LogP contribution is -1.95. The molecule has 0 unspecified atom stereocenters. The molecule has 94 valence electrons. The van der Waals surface area contributed by atoms with E-state index in [1.807, 2.05) is 37.4 Å². The third-order valence-corrected chi connectivity index (χ3v) is 3.19. The highest BCUT2D eigenvalue weighted by atomic mass is 79.9. The summed E-state index contributed by atoms with van der Waals surface area (Å²) in [7, 11) is 0. The summed E-state index contributed by atoms with van der Waals surface area (Å²) >= 11 is 3.49. The Morgan fingerprint density at radius 2 is 1.94 bits per heavy atom. The van der Waals surface area contributed by atoms with E-state index in [9.17, 15) is 0 Å². The molecule has 0 aliphatic carbocycles. The number of pyridine rings is 1. The van der Waals surface area contributed by atoms with Crippen LogP contribution in [0.5, 0.6) is 11.6 Å². The van der Waals surface area contributed by atoms with Crippen LogP contribution in [0.4, 0.5) is 0 Å². The molecule has 0 saturated heterocycles. The van der Waals surface area contributed by atoms with Crippen molar-refractivity contribution in [1.82, 2.24) is 4.98 Å². The minimum atomic E-state index is 0.406. The maximum Gasteiger partial charge on any atom is 0.219 e. The van der Waals surface area contributed by atoms with Crippen LogP contribution in [-0.2, 0) is 0 Å². The first-order chi connectivity index (χ1) is 8.56. The Labute approximate surface area is 116 Å². The molecule has 1 aromatic heterocycles. The number of benzene rings is 1. The van der Waals surface area contributed by atoms with Crippen LogP contribution in [0.2, 0.25) is 0 Å². The van der Waals surface area contributed by atoms with Crippen LogP contribution in [-0.4, -0.2) is 4.98 Å². The van der Waals surface area contributed by atoms with Gasteiger partial charge in [0.15, 0.2) is 0 Å². The molecular weight excluding hydrogens is 290 g/mol. The number of aryl methyl sites for hydroxylation is 1. The number of hydrogen-bond acceptors (Lipinski definition) is 2. The summed E-state index contributed by atoms with van der Waals surface area (Å²) in [5.74, 6) is 1.90. The lowest BCUT2D eigenvalue weighted by Gasteiger charge is -2.13. The second-order valence-electron chi connectivity index (χ2n) is 4.61. The van der Waals surface area contributed by atoms with Crippen molar-refractivity contribution in [3.63, 3.8) is 0 Å². The van der Waals surface area contributed by atoms with E-state index in [0.717, 1.165) is 15.8 Å². The highest BCUT2D eigenvalue weighted by molar-refractivity contribution is 9.10. The van der Waals surface area contributed by atoms with E-state index in [2.05, 4.69) is 40.8 Å². The average Bonchev–Trinajstić information content (AvgIpc) is 2.34. The van der Waals surface area contributed by atoms with Gasteiger partial charge < -0.3 is 4.74 Å². The number of nitrogens with zero attached hydrogens (tertiary/aromatic N) is 1. The fourth-order valence-electron chi connectivity index (χ4n) is 1.69. The lowest BCUT2D eigenvalue weighted by atomic mass is 10.0. The molecule has 1 heterocycles. The van der Waals surface area contributed by atoms with Crippen LogP contribution < -0.4 is 4.74 Å². The van der Waals surface area contributed by atoms with Gasteiger partial charge in [0.2, 0.25) is 5.88 Å². The summed E-state index contributed by atoms with van der Waals surface area (Å²) in [5.41, 5.74) is 2.30. The predicted molar refractivity (Wildman–Crippen MR) is 77.3 cm³/mol. The van der Waals surface area contributed by atoms with Crippen molar-refractivity contribution in [2.24, 2.45) is 0 Å². The van der Waals surface area contributed by atoms with Crippen molar-refractivity contribution in [1.29, 1.82) is 0 Å². The molecule has 0 N–H and O–H groups in total. The van der Waals surface area contributed by atoms with E-state index in [-0.39, 0.29) is 0 Å². The molecular formula is C15H16BrNO. The number of halogens is 1. The normalized spacial score (nSPS) is 10.7. The maximum atomic E-state index is 5.85. The third kappa shape index (κ3) is 3.10. The second kappa shape index (κ2) is 5.53. The van der Waals surface area contributed by atoms with Gasteiger partial charge in [-0.2, -0.15) is 0 Å². The fraction of sp³-hybridized carbons (Fsp3) is 0.267. The zero-order valence-corrected chi connectivity index (χ0v) is 12.4. The van der Waals surface area contributed by atoms with Crippen molar-refractivity contribution in [3.8, 4) is 11.6 Å². The number of hydrogen-bond donors (Lipinski definition) is 0. The molecule has 2 nitrogen and oxygen atoms in total. The monoisotopic (exact) mass is 305 g/mol. The van der Waals surface area contributed by atoms with Gasteiger partial charge in [0.05, 0.1) is 0 Å². The van der Waals surface area contributed by atoms with Gasteiger partial charge in [-0.05, 0) is 42.2 Å². The van der Waals surface area contributed by atoms with Gasteiger partial charge in [-0.1, -0.05) is 35.8 Å². The van der Waals surface area contributed by atoms with Crippen LogP contribution in [0, 0.1) is 6.92 Å². The lowest BCUT2D eigenvalue weighted by molar-refractivity contribution is 0.454. The first kappa shape index (κ1) is 13.1. The van der Waals surface area contributed by atoms with E-state index in [0.29, 0.717) is 11.8 Å². The van der Waals surface area contributed by atoms with Gasteiger partial charge in [-0.25, -0.2) is 4.98 Å². The Balaban J connectivity index is 2.31. The molecule has 0 saturated carbocycles. The topological polar surface area (TPSA) is 22.1 Å². The second-order valence-corrected chi connectivity index (χ2v) is 5.53. The highest BCUT2D eigenvalue weighted by Gasteiger charge is 2.09. The summed E-state index contributed by atoms with van der Waals surface area (Å²) in [6.07, 6.45) is 1.81. The molecule has 0 aliphatic heterocycles. The highest BCUT2D eigenvalue weighted by Crippen LogP contribution is 2.32. The zero-order chi connectivity index (χ0) is 13.1. The van der Waals surface area contributed by atoms with Crippen LogP contribution in [0.25, 0.3) is 0 Å². The first-order valence-electron chi connectivity index (χ1n) is 5.96. The molecule has 0 aliphatic rings. The largest absolute Gasteiger partial charge is 0.439 e. The van der Waals surface area contributed by atoms with Crippen LogP contribution in [0.3, 0.4) is 0 Å². The van der Waals surface area contributed by atoms with Crippen molar-refractivity contribution >= 4 is 15.9 Å². The average molecular weight is 306 g/mol. The van der Waals surface area contributed by atoms with E-state index >= 15 is 0 Å². The molecule has 1 aromatic carbocycles. The van der Waals surface area contributed by atoms with Crippen LogP contribution in [0.1, 0.15) is 30.9 Å². The van der Waals surface area contributed by atoms with Gasteiger partial charge >= 0.3 is 0 Å². The Kier molecular flexibility index (Phi) is 4.02. The van der Waals surface area contributed by atoms with Crippen molar-refractivity contribution < 1.29 is 4.74 Å². The summed E-state index contributed by atoms with van der Waals surface area (Å²) in [4.78, 5) is 4.26. The number of aromatic nitrogens is 1. The Hall–Kier alpha value is -1.35. The Morgan fingerprint density at radius 1 is 1.17 bits per heavy atom. The zero-order valence-electron chi connectivity index (χ0n) is 10.8. The van der Waals surface area contributed by atoms with E-state index in [4.69, 9.17) is 4.74 Å². The first-order valence-corrected chi connectivity index (χ1v) is 6.75. The summed E-state index contributed by atoms with van der Waals surface area (Å²) in [5, 5.41) is 0. The van der Waals surface area contributed by atoms with E-state index in [1.165, 1.54) is 5.56 Å². The Morgan fingerprint density at radius 3 is 2.56 bits per heavy atom. The number of rotatable bonds is 3. The molecule has 0 atom stereocenters. The van der Waals surface area contributed by atoms with Crippen molar-refractivity contribution in [2.45, 2.75) is 26.7 Å². The third-order valence-electron chi connectivity index (χ3n) is 2.69. The summed E-state index contributed by atoms with van der Waals surface area (Å²) in [6, 6.07) is 9.93. The Bertz CT molecular complexity index is 535. The van der Waals surface area contributed by atoms with Crippen LogP contribution >= 0.6 is 15.9 Å². The molecule has 0 bridgehead atoms. The summed E-state index contributed by atoms with van der Waals surface area (Å²) < 4.78 is 6.91. The quantitative estimate of drug-likeness (QED) is 0.790. The van der Waals surface area contributed by atoms with E-state index < -0.39 is 0 Å². The molecule has 0 fully saturated rings. The van der Waals surface area contributed by atoms with Gasteiger partial charge in [0.25, 0.3) is 0 Å². The minimum absolute atomic E-state index is 0.406. The van der Waals surface area contributed by atoms with Crippen LogP contribution in [0.15, 0.2) is 41.0 Å². The molecule has 0 radical (unpaired) electrons. The van der Waals surface area contributed by atoms with Crippen molar-refractivity contribution in [2.75, 3.05) is 0 Å². The molecule has 0 amide bonds. The SMILES string of the molecule is Cc1ccc(Oc2ccc(Br)cc2C(C)C)nc1. The smallest absolute Gasteiger partial charge is 0.219 e. The molecule has 3 heteroatoms. The van der Waals surface area contributed by atoms with Gasteiger partial charge in [-0.15, -0.1) is 0 Å². The molecule has 2 aromatic rings.